The zero-order valence-corrected chi connectivity index (χ0v) is 11.9. The first kappa shape index (κ1) is 13.8. The molecular formula is C15H27N3. The molecule has 0 spiro atoms. The molecule has 0 amide bonds. The van der Waals surface area contributed by atoms with Crippen LogP contribution in [0.4, 0.5) is 0 Å². The molecule has 0 aromatic heterocycles. The van der Waals surface area contributed by atoms with Gasteiger partial charge < -0.3 is 5.32 Å². The summed E-state index contributed by atoms with van der Waals surface area (Å²) in [5.41, 5.74) is -0.251. The quantitative estimate of drug-likeness (QED) is 0.832. The molecule has 3 unspecified atom stereocenters. The van der Waals surface area contributed by atoms with Crippen molar-refractivity contribution in [2.45, 2.75) is 75.9 Å². The van der Waals surface area contributed by atoms with Crippen LogP contribution in [0, 0.1) is 11.3 Å². The zero-order valence-electron chi connectivity index (χ0n) is 11.9. The molecule has 18 heavy (non-hydrogen) atoms. The molecular weight excluding hydrogens is 222 g/mol. The SMILES string of the molecule is CCCC1CCCCN1C1CCC(C#N)(NC)C1. The summed E-state index contributed by atoms with van der Waals surface area (Å²) < 4.78 is 0. The monoisotopic (exact) mass is 249 g/mol. The van der Waals surface area contributed by atoms with Gasteiger partial charge in [0.25, 0.3) is 0 Å². The average Bonchev–Trinajstić information content (AvgIpc) is 2.85. The van der Waals surface area contributed by atoms with E-state index >= 15 is 0 Å². The van der Waals surface area contributed by atoms with E-state index in [1.807, 2.05) is 7.05 Å². The summed E-state index contributed by atoms with van der Waals surface area (Å²) in [6.45, 7) is 3.54. The number of piperidine rings is 1. The van der Waals surface area contributed by atoms with E-state index in [2.05, 4.69) is 23.2 Å². The maximum Gasteiger partial charge on any atom is 0.108 e. The number of likely N-dealkylation sites (tertiary alicyclic amines) is 1. The summed E-state index contributed by atoms with van der Waals surface area (Å²) in [5.74, 6) is 0. The molecule has 2 fully saturated rings. The predicted molar refractivity (Wildman–Crippen MR) is 74.3 cm³/mol. The summed E-state index contributed by atoms with van der Waals surface area (Å²) >= 11 is 0. The third-order valence-electron chi connectivity index (χ3n) is 4.94. The Balaban J connectivity index is 2.00. The Morgan fingerprint density at radius 3 is 2.83 bits per heavy atom. The molecule has 3 nitrogen and oxygen atoms in total. The molecule has 1 saturated carbocycles. The van der Waals surface area contributed by atoms with Gasteiger partial charge in [-0.05, 0) is 52.1 Å². The van der Waals surface area contributed by atoms with E-state index in [-0.39, 0.29) is 5.54 Å². The highest BCUT2D eigenvalue weighted by Gasteiger charge is 2.42. The Labute approximate surface area is 112 Å². The molecule has 102 valence electrons. The van der Waals surface area contributed by atoms with Crippen LogP contribution in [-0.2, 0) is 0 Å². The average molecular weight is 249 g/mol. The number of hydrogen-bond acceptors (Lipinski definition) is 3. The van der Waals surface area contributed by atoms with Crippen LogP contribution in [-0.4, -0.2) is 36.1 Å². The van der Waals surface area contributed by atoms with Crippen molar-refractivity contribution in [1.29, 1.82) is 5.26 Å². The molecule has 0 aromatic rings. The summed E-state index contributed by atoms with van der Waals surface area (Å²) in [6.07, 6.45) is 9.93. The van der Waals surface area contributed by atoms with Gasteiger partial charge in [0.1, 0.15) is 5.54 Å². The minimum atomic E-state index is -0.251. The van der Waals surface area contributed by atoms with Gasteiger partial charge >= 0.3 is 0 Å². The van der Waals surface area contributed by atoms with Crippen LogP contribution in [0.1, 0.15) is 58.3 Å². The Hall–Kier alpha value is -0.590. The Morgan fingerprint density at radius 1 is 1.39 bits per heavy atom. The first-order chi connectivity index (χ1) is 8.74. The molecule has 0 bridgehead atoms. The number of nitrogens with zero attached hydrogens (tertiary/aromatic N) is 2. The number of rotatable bonds is 4. The summed E-state index contributed by atoms with van der Waals surface area (Å²) in [4.78, 5) is 2.73. The van der Waals surface area contributed by atoms with Gasteiger partial charge in [0.2, 0.25) is 0 Å². The number of hydrogen-bond donors (Lipinski definition) is 1. The Kier molecular flexibility index (Phi) is 4.64. The van der Waals surface area contributed by atoms with Crippen LogP contribution in [0.3, 0.4) is 0 Å². The second kappa shape index (κ2) is 6.04. The molecule has 1 saturated heterocycles. The molecule has 3 atom stereocenters. The molecule has 2 aliphatic rings. The molecule has 1 N–H and O–H groups in total. The van der Waals surface area contributed by atoms with E-state index in [0.717, 1.165) is 18.9 Å². The van der Waals surface area contributed by atoms with Crippen LogP contribution < -0.4 is 5.32 Å². The zero-order chi connectivity index (χ0) is 13.0. The highest BCUT2D eigenvalue weighted by molar-refractivity contribution is 5.13. The van der Waals surface area contributed by atoms with Crippen molar-refractivity contribution >= 4 is 0 Å². The van der Waals surface area contributed by atoms with Gasteiger partial charge in [-0.3, -0.25) is 4.90 Å². The van der Waals surface area contributed by atoms with Gasteiger partial charge in [0.05, 0.1) is 6.07 Å². The van der Waals surface area contributed by atoms with Gasteiger partial charge in [-0.1, -0.05) is 19.8 Å². The van der Waals surface area contributed by atoms with Crippen LogP contribution in [0.5, 0.6) is 0 Å². The molecule has 3 heteroatoms. The fourth-order valence-corrected chi connectivity index (χ4v) is 3.83. The minimum absolute atomic E-state index is 0.251. The van der Waals surface area contributed by atoms with Crippen molar-refractivity contribution in [3.63, 3.8) is 0 Å². The molecule has 0 radical (unpaired) electrons. The number of nitrogens with one attached hydrogen (secondary N) is 1. The minimum Gasteiger partial charge on any atom is -0.302 e. The fourth-order valence-electron chi connectivity index (χ4n) is 3.83. The van der Waals surface area contributed by atoms with Crippen molar-refractivity contribution in [2.75, 3.05) is 13.6 Å². The standard InChI is InChI=1S/C15H27N3/c1-3-6-13-7-4-5-10-18(13)14-8-9-15(11-14,12-16)17-2/h13-14,17H,3-11H2,1-2H3. The van der Waals surface area contributed by atoms with Gasteiger partial charge in [0, 0.05) is 12.1 Å². The van der Waals surface area contributed by atoms with Gasteiger partial charge in [-0.2, -0.15) is 5.26 Å². The molecule has 1 aliphatic carbocycles. The summed E-state index contributed by atoms with van der Waals surface area (Å²) in [7, 11) is 1.94. The van der Waals surface area contributed by atoms with Crippen LogP contribution in [0.25, 0.3) is 0 Å². The smallest absolute Gasteiger partial charge is 0.108 e. The lowest BCUT2D eigenvalue weighted by molar-refractivity contribution is 0.0880. The van der Waals surface area contributed by atoms with Crippen LogP contribution >= 0.6 is 0 Å². The van der Waals surface area contributed by atoms with Crippen LogP contribution in [0.2, 0.25) is 0 Å². The third-order valence-corrected chi connectivity index (χ3v) is 4.94. The third kappa shape index (κ3) is 2.70. The normalized spacial score (nSPS) is 37.6. The van der Waals surface area contributed by atoms with Gasteiger partial charge in [-0.25, -0.2) is 0 Å². The van der Waals surface area contributed by atoms with E-state index < -0.39 is 0 Å². The van der Waals surface area contributed by atoms with E-state index in [4.69, 9.17) is 0 Å². The molecule has 0 aromatic carbocycles. The fraction of sp³-hybridized carbons (Fsp3) is 0.933. The Bertz CT molecular complexity index is 307. The molecule has 2 rings (SSSR count). The van der Waals surface area contributed by atoms with E-state index in [1.54, 1.807) is 0 Å². The van der Waals surface area contributed by atoms with Crippen molar-refractivity contribution in [1.82, 2.24) is 10.2 Å². The Morgan fingerprint density at radius 2 is 2.22 bits per heavy atom. The van der Waals surface area contributed by atoms with E-state index in [9.17, 15) is 5.26 Å². The highest BCUT2D eigenvalue weighted by Crippen LogP contribution is 2.36. The van der Waals surface area contributed by atoms with Crippen molar-refractivity contribution in [2.24, 2.45) is 0 Å². The van der Waals surface area contributed by atoms with Gasteiger partial charge in [0.15, 0.2) is 0 Å². The highest BCUT2D eigenvalue weighted by atomic mass is 15.2. The molecule has 1 heterocycles. The maximum absolute atomic E-state index is 9.37. The lowest BCUT2D eigenvalue weighted by Gasteiger charge is -2.40. The summed E-state index contributed by atoms with van der Waals surface area (Å²) in [5, 5.41) is 12.6. The van der Waals surface area contributed by atoms with Crippen molar-refractivity contribution < 1.29 is 0 Å². The predicted octanol–water partition coefficient (Wildman–Crippen LogP) is 2.68. The largest absolute Gasteiger partial charge is 0.302 e. The van der Waals surface area contributed by atoms with Gasteiger partial charge in [-0.15, -0.1) is 0 Å². The topological polar surface area (TPSA) is 39.1 Å². The second-order valence-electron chi connectivity index (χ2n) is 6.02. The maximum atomic E-state index is 9.37. The second-order valence-corrected chi connectivity index (χ2v) is 6.02. The van der Waals surface area contributed by atoms with Crippen molar-refractivity contribution in [3.8, 4) is 6.07 Å². The number of nitriles is 1. The summed E-state index contributed by atoms with van der Waals surface area (Å²) in [6, 6.07) is 3.92. The first-order valence-corrected chi connectivity index (χ1v) is 7.60. The molecule has 1 aliphatic heterocycles. The van der Waals surface area contributed by atoms with Crippen LogP contribution in [0.15, 0.2) is 0 Å². The van der Waals surface area contributed by atoms with E-state index in [1.165, 1.54) is 45.1 Å². The van der Waals surface area contributed by atoms with Crippen molar-refractivity contribution in [3.05, 3.63) is 0 Å². The lowest BCUT2D eigenvalue weighted by atomic mass is 9.94. The lowest BCUT2D eigenvalue weighted by Crippen LogP contribution is -2.47. The first-order valence-electron chi connectivity index (χ1n) is 7.60. The van der Waals surface area contributed by atoms with E-state index in [0.29, 0.717) is 6.04 Å².